The molecule has 0 unspecified atom stereocenters. The minimum absolute atomic E-state index is 0.0600. The molecule has 11 heavy (non-hydrogen) atoms. The van der Waals surface area contributed by atoms with E-state index in [0.29, 0.717) is 0 Å². The quantitative estimate of drug-likeness (QED) is 0.636. The van der Waals surface area contributed by atoms with Crippen LogP contribution in [0.2, 0.25) is 0 Å². The van der Waals surface area contributed by atoms with E-state index in [1.165, 1.54) is 17.3 Å². The molecule has 1 amide bonds. The zero-order valence-electron chi connectivity index (χ0n) is 5.90. The van der Waals surface area contributed by atoms with Crippen molar-refractivity contribution in [3.05, 3.63) is 12.7 Å². The van der Waals surface area contributed by atoms with Crippen molar-refractivity contribution in [2.45, 2.75) is 12.8 Å². The first kappa shape index (κ1) is 6.33. The smallest absolute Gasteiger partial charge is 0.241 e. The van der Waals surface area contributed by atoms with E-state index in [9.17, 15) is 4.79 Å². The molecule has 1 fully saturated rings. The van der Waals surface area contributed by atoms with Gasteiger partial charge >= 0.3 is 0 Å². The Bertz CT molecular complexity index is 252. The molecule has 0 radical (unpaired) electrons. The number of nitrogens with zero attached hydrogens (tertiary/aromatic N) is 3. The molecule has 0 aromatic carbocycles. The number of hydrogen-bond acceptors (Lipinski definition) is 3. The van der Waals surface area contributed by atoms with Crippen molar-refractivity contribution in [2.24, 2.45) is 5.92 Å². The summed E-state index contributed by atoms with van der Waals surface area (Å²) in [5.74, 6) is 0.280. The highest BCUT2D eigenvalue weighted by atomic mass is 16.2. The van der Waals surface area contributed by atoms with Gasteiger partial charge in [-0.2, -0.15) is 0 Å². The summed E-state index contributed by atoms with van der Waals surface area (Å²) in [5.41, 5.74) is 2.64. The van der Waals surface area contributed by atoms with Gasteiger partial charge < -0.3 is 0 Å². The van der Waals surface area contributed by atoms with Gasteiger partial charge in [0.05, 0.1) is 0 Å². The first-order valence-electron chi connectivity index (χ1n) is 3.52. The largest absolute Gasteiger partial charge is 0.273 e. The Hall–Kier alpha value is -1.39. The molecule has 1 aromatic rings. The van der Waals surface area contributed by atoms with Gasteiger partial charge in [0.1, 0.15) is 12.7 Å². The summed E-state index contributed by atoms with van der Waals surface area (Å²) in [6.07, 6.45) is 4.93. The molecule has 1 aliphatic rings. The van der Waals surface area contributed by atoms with Crippen LogP contribution in [0.25, 0.3) is 0 Å². The van der Waals surface area contributed by atoms with E-state index in [-0.39, 0.29) is 11.8 Å². The second-order valence-corrected chi connectivity index (χ2v) is 2.62. The minimum Gasteiger partial charge on any atom is -0.273 e. The lowest BCUT2D eigenvalue weighted by Crippen LogP contribution is -2.22. The van der Waals surface area contributed by atoms with Crippen molar-refractivity contribution in [1.29, 1.82) is 0 Å². The second kappa shape index (κ2) is 2.34. The van der Waals surface area contributed by atoms with Gasteiger partial charge in [0.2, 0.25) is 5.91 Å². The summed E-state index contributed by atoms with van der Waals surface area (Å²) < 4.78 is 1.46. The molecule has 0 bridgehead atoms. The average Bonchev–Trinajstić information content (AvgIpc) is 2.73. The summed E-state index contributed by atoms with van der Waals surface area (Å²) in [7, 11) is 0. The Morgan fingerprint density at radius 2 is 2.09 bits per heavy atom. The third-order valence-electron chi connectivity index (χ3n) is 1.61. The first-order chi connectivity index (χ1) is 5.36. The van der Waals surface area contributed by atoms with Crippen LogP contribution < -0.4 is 5.43 Å². The Balaban J connectivity index is 1.94. The van der Waals surface area contributed by atoms with E-state index >= 15 is 0 Å². The summed E-state index contributed by atoms with van der Waals surface area (Å²) in [6.45, 7) is 0. The average molecular weight is 152 g/mol. The zero-order chi connectivity index (χ0) is 7.68. The number of carbonyl (C=O) groups is 1. The molecule has 1 aliphatic carbocycles. The molecule has 0 spiro atoms. The third-order valence-corrected chi connectivity index (χ3v) is 1.61. The molecule has 1 aromatic heterocycles. The second-order valence-electron chi connectivity index (χ2n) is 2.62. The topological polar surface area (TPSA) is 59.8 Å². The predicted octanol–water partition coefficient (Wildman–Crippen LogP) is -0.242. The summed E-state index contributed by atoms with van der Waals surface area (Å²) in [5, 5.41) is 7.11. The maximum Gasteiger partial charge on any atom is 0.241 e. The van der Waals surface area contributed by atoms with Crippen molar-refractivity contribution >= 4 is 5.91 Å². The highest BCUT2D eigenvalue weighted by molar-refractivity contribution is 5.87. The van der Waals surface area contributed by atoms with Gasteiger partial charge in [0, 0.05) is 5.92 Å². The number of carbonyl (C=O) groups excluding carboxylic acids is 1. The zero-order valence-corrected chi connectivity index (χ0v) is 5.90. The van der Waals surface area contributed by atoms with Crippen molar-refractivity contribution in [2.75, 3.05) is 5.43 Å². The van der Waals surface area contributed by atoms with Gasteiger partial charge in [0.15, 0.2) is 0 Å². The molecule has 0 aliphatic heterocycles. The lowest BCUT2D eigenvalue weighted by Gasteiger charge is -2.00. The van der Waals surface area contributed by atoms with Crippen LogP contribution in [0.4, 0.5) is 0 Å². The lowest BCUT2D eigenvalue weighted by atomic mass is 10.4. The number of aromatic nitrogens is 3. The van der Waals surface area contributed by atoms with Gasteiger partial charge in [0.25, 0.3) is 0 Å². The van der Waals surface area contributed by atoms with Crippen LogP contribution >= 0.6 is 0 Å². The van der Waals surface area contributed by atoms with Gasteiger partial charge in [-0.05, 0) is 12.8 Å². The summed E-state index contributed by atoms with van der Waals surface area (Å²) in [4.78, 5) is 11.1. The molecule has 0 atom stereocenters. The van der Waals surface area contributed by atoms with Crippen LogP contribution in [0.3, 0.4) is 0 Å². The standard InChI is InChI=1S/C6H8N4O/c11-6(5-1-2-5)9-10-3-7-8-4-10/h3-5H,1-2H2,(H,9,11). The van der Waals surface area contributed by atoms with Gasteiger partial charge in [-0.15, -0.1) is 10.2 Å². The SMILES string of the molecule is O=C(Nn1cnnc1)C1CC1. The van der Waals surface area contributed by atoms with Crippen molar-refractivity contribution in [3.8, 4) is 0 Å². The molecule has 5 nitrogen and oxygen atoms in total. The van der Waals surface area contributed by atoms with Crippen LogP contribution in [-0.2, 0) is 4.79 Å². The van der Waals surface area contributed by atoms with Crippen molar-refractivity contribution < 1.29 is 4.79 Å². The number of hydrogen-bond donors (Lipinski definition) is 1. The van der Waals surface area contributed by atoms with Crippen LogP contribution in [0.5, 0.6) is 0 Å². The van der Waals surface area contributed by atoms with Gasteiger partial charge in [-0.3, -0.25) is 10.2 Å². The van der Waals surface area contributed by atoms with Crippen LogP contribution in [0, 0.1) is 5.92 Å². The summed E-state index contributed by atoms with van der Waals surface area (Å²) >= 11 is 0. The monoisotopic (exact) mass is 152 g/mol. The van der Waals surface area contributed by atoms with E-state index in [1.54, 1.807) is 0 Å². The minimum atomic E-state index is 0.0600. The molecule has 0 saturated heterocycles. The van der Waals surface area contributed by atoms with Crippen LogP contribution in [0.1, 0.15) is 12.8 Å². The van der Waals surface area contributed by atoms with Gasteiger partial charge in [-0.25, -0.2) is 4.68 Å². The highest BCUT2D eigenvalue weighted by Crippen LogP contribution is 2.28. The third kappa shape index (κ3) is 1.36. The van der Waals surface area contributed by atoms with Crippen molar-refractivity contribution in [1.82, 2.24) is 14.9 Å². The Morgan fingerprint density at radius 1 is 1.45 bits per heavy atom. The first-order valence-corrected chi connectivity index (χ1v) is 3.52. The number of nitrogens with one attached hydrogen (secondary N) is 1. The maximum absolute atomic E-state index is 11.1. The fourth-order valence-corrected chi connectivity index (χ4v) is 0.822. The van der Waals surface area contributed by atoms with Crippen LogP contribution in [0.15, 0.2) is 12.7 Å². The number of amides is 1. The molecular weight excluding hydrogens is 144 g/mol. The van der Waals surface area contributed by atoms with E-state index in [1.807, 2.05) is 0 Å². The van der Waals surface area contributed by atoms with Crippen molar-refractivity contribution in [3.63, 3.8) is 0 Å². The Morgan fingerprint density at radius 3 is 2.64 bits per heavy atom. The molecule has 2 rings (SSSR count). The molecular formula is C6H8N4O. The Kier molecular flexibility index (Phi) is 1.34. The molecule has 1 N–H and O–H groups in total. The fourth-order valence-electron chi connectivity index (χ4n) is 0.822. The lowest BCUT2D eigenvalue weighted by molar-refractivity contribution is -0.118. The molecule has 1 heterocycles. The number of rotatable bonds is 2. The van der Waals surface area contributed by atoms with Gasteiger partial charge in [-0.1, -0.05) is 0 Å². The fraction of sp³-hybridized carbons (Fsp3) is 0.500. The Labute approximate surface area is 63.4 Å². The maximum atomic E-state index is 11.1. The summed E-state index contributed by atoms with van der Waals surface area (Å²) in [6, 6.07) is 0. The molecule has 5 heteroatoms. The normalized spacial score (nSPS) is 16.4. The van der Waals surface area contributed by atoms with E-state index in [2.05, 4.69) is 15.6 Å². The van der Waals surface area contributed by atoms with Crippen LogP contribution in [-0.4, -0.2) is 20.8 Å². The predicted molar refractivity (Wildman–Crippen MR) is 37.1 cm³/mol. The van der Waals surface area contributed by atoms with E-state index < -0.39 is 0 Å². The highest BCUT2D eigenvalue weighted by Gasteiger charge is 2.29. The van der Waals surface area contributed by atoms with E-state index in [0.717, 1.165) is 12.8 Å². The molecule has 58 valence electrons. The van der Waals surface area contributed by atoms with E-state index in [4.69, 9.17) is 0 Å². The molecule has 1 saturated carbocycles.